The number of halogens is 1. The summed E-state index contributed by atoms with van der Waals surface area (Å²) in [6.07, 6.45) is 3.36. The van der Waals surface area contributed by atoms with E-state index in [0.717, 1.165) is 16.5 Å². The van der Waals surface area contributed by atoms with Crippen molar-refractivity contribution >= 4 is 34.0 Å². The molecule has 1 aromatic carbocycles. The maximum Gasteiger partial charge on any atom is 0.239 e. The van der Waals surface area contributed by atoms with E-state index in [1.807, 2.05) is 36.2 Å². The molecule has 2 N–H and O–H groups in total. The van der Waals surface area contributed by atoms with Crippen LogP contribution < -0.4 is 15.5 Å². The van der Waals surface area contributed by atoms with E-state index >= 15 is 0 Å². The molecule has 0 spiro atoms. The van der Waals surface area contributed by atoms with Gasteiger partial charge < -0.3 is 15.5 Å². The predicted octanol–water partition coefficient (Wildman–Crippen LogP) is 2.83. The maximum atomic E-state index is 14.2. The number of piperazine rings is 1. The number of hydrogen-bond donors (Lipinski definition) is 2. The van der Waals surface area contributed by atoms with Crippen LogP contribution in [0.5, 0.6) is 0 Å². The predicted molar refractivity (Wildman–Crippen MR) is 117 cm³/mol. The van der Waals surface area contributed by atoms with E-state index in [1.54, 1.807) is 17.5 Å². The van der Waals surface area contributed by atoms with Crippen molar-refractivity contribution in [2.24, 2.45) is 0 Å². The Morgan fingerprint density at radius 2 is 2.16 bits per heavy atom. The minimum Gasteiger partial charge on any atom is -0.362 e. The van der Waals surface area contributed by atoms with E-state index in [1.165, 1.54) is 12.4 Å². The first kappa shape index (κ1) is 19.2. The van der Waals surface area contributed by atoms with E-state index in [9.17, 15) is 9.18 Å². The lowest BCUT2D eigenvalue weighted by molar-refractivity contribution is -0.120. The summed E-state index contributed by atoms with van der Waals surface area (Å²) < 4.78 is 16.0. The van der Waals surface area contributed by atoms with Crippen molar-refractivity contribution in [2.75, 3.05) is 29.9 Å². The SMILES string of the molecule is Cc1c(F)ccc2cc([C@H](C)Nc3ncnn4cccc34)c(N3CCNC(=O)C3)nc12. The van der Waals surface area contributed by atoms with Crippen LogP contribution >= 0.6 is 0 Å². The third-order valence-electron chi connectivity index (χ3n) is 5.67. The monoisotopic (exact) mass is 419 g/mol. The van der Waals surface area contributed by atoms with Crippen molar-refractivity contribution < 1.29 is 9.18 Å². The maximum absolute atomic E-state index is 14.2. The number of anilines is 2. The van der Waals surface area contributed by atoms with Gasteiger partial charge >= 0.3 is 0 Å². The zero-order chi connectivity index (χ0) is 21.5. The number of amides is 1. The summed E-state index contributed by atoms with van der Waals surface area (Å²) in [7, 11) is 0. The number of hydrogen-bond acceptors (Lipinski definition) is 6. The normalized spacial score (nSPS) is 15.3. The largest absolute Gasteiger partial charge is 0.362 e. The Bertz CT molecular complexity index is 1300. The standard InChI is InChI=1S/C22H22FN7O/c1-13-17(23)6-5-15-10-16(22(28-20(13)15)29-9-7-24-19(31)11-29)14(2)27-21-18-4-3-8-30(18)26-12-25-21/h3-6,8,10,12,14H,7,9,11H2,1-2H3,(H,24,31)(H,25,26,27)/t14-/m0/s1. The first-order valence-corrected chi connectivity index (χ1v) is 10.2. The number of carbonyl (C=O) groups is 1. The fraction of sp³-hybridized carbons (Fsp3) is 0.273. The number of pyridine rings is 1. The van der Waals surface area contributed by atoms with Crippen LogP contribution in [-0.2, 0) is 4.79 Å². The van der Waals surface area contributed by atoms with E-state index < -0.39 is 0 Å². The van der Waals surface area contributed by atoms with Gasteiger partial charge in [0.1, 0.15) is 23.5 Å². The molecule has 31 heavy (non-hydrogen) atoms. The van der Waals surface area contributed by atoms with E-state index in [0.29, 0.717) is 35.8 Å². The summed E-state index contributed by atoms with van der Waals surface area (Å²) in [5, 5.41) is 11.4. The van der Waals surface area contributed by atoms with Crippen LogP contribution in [-0.4, -0.2) is 45.1 Å². The second-order valence-corrected chi connectivity index (χ2v) is 7.73. The van der Waals surface area contributed by atoms with Crippen molar-refractivity contribution in [1.29, 1.82) is 0 Å². The first-order valence-electron chi connectivity index (χ1n) is 10.2. The molecule has 9 heteroatoms. The van der Waals surface area contributed by atoms with Gasteiger partial charge in [0.05, 0.1) is 18.1 Å². The van der Waals surface area contributed by atoms with Crippen molar-refractivity contribution in [1.82, 2.24) is 24.9 Å². The van der Waals surface area contributed by atoms with Gasteiger partial charge in [-0.25, -0.2) is 18.9 Å². The summed E-state index contributed by atoms with van der Waals surface area (Å²) in [5.74, 6) is 1.03. The van der Waals surface area contributed by atoms with Gasteiger partial charge in [0, 0.05) is 35.8 Å². The molecule has 0 unspecified atom stereocenters. The first-order chi connectivity index (χ1) is 15.0. The number of aryl methyl sites for hydroxylation is 1. The fourth-order valence-corrected chi connectivity index (χ4v) is 4.02. The molecule has 0 aliphatic carbocycles. The van der Waals surface area contributed by atoms with Crippen molar-refractivity contribution in [3.63, 3.8) is 0 Å². The number of rotatable bonds is 4. The molecule has 0 radical (unpaired) electrons. The molecule has 0 bridgehead atoms. The molecule has 1 saturated heterocycles. The smallest absolute Gasteiger partial charge is 0.239 e. The molecule has 5 rings (SSSR count). The number of fused-ring (bicyclic) bond motifs is 2. The molecule has 3 aromatic heterocycles. The lowest BCUT2D eigenvalue weighted by Gasteiger charge is -2.31. The van der Waals surface area contributed by atoms with Crippen LogP contribution in [0.4, 0.5) is 16.0 Å². The van der Waals surface area contributed by atoms with Gasteiger partial charge in [-0.05, 0) is 44.2 Å². The quantitative estimate of drug-likeness (QED) is 0.529. The number of aromatic nitrogens is 4. The summed E-state index contributed by atoms with van der Waals surface area (Å²) in [6.45, 7) is 5.13. The van der Waals surface area contributed by atoms with Crippen LogP contribution in [0.3, 0.4) is 0 Å². The zero-order valence-corrected chi connectivity index (χ0v) is 17.3. The number of nitrogens with zero attached hydrogens (tertiary/aromatic N) is 5. The highest BCUT2D eigenvalue weighted by atomic mass is 19.1. The Balaban J connectivity index is 1.61. The topological polar surface area (TPSA) is 87.5 Å². The molecule has 1 fully saturated rings. The molecular formula is C22H22FN7O. The van der Waals surface area contributed by atoms with Crippen molar-refractivity contribution in [3.8, 4) is 0 Å². The minimum atomic E-state index is -0.294. The van der Waals surface area contributed by atoms with Crippen molar-refractivity contribution in [3.05, 3.63) is 59.8 Å². The van der Waals surface area contributed by atoms with E-state index in [-0.39, 0.29) is 24.3 Å². The van der Waals surface area contributed by atoms with Crippen LogP contribution in [0, 0.1) is 12.7 Å². The second-order valence-electron chi connectivity index (χ2n) is 7.73. The van der Waals surface area contributed by atoms with Crippen LogP contribution in [0.25, 0.3) is 16.4 Å². The number of nitrogens with one attached hydrogen (secondary N) is 2. The van der Waals surface area contributed by atoms with Gasteiger partial charge in [0.25, 0.3) is 0 Å². The summed E-state index contributed by atoms with van der Waals surface area (Å²) in [5.41, 5.74) is 2.88. The third kappa shape index (κ3) is 3.41. The van der Waals surface area contributed by atoms with Crippen LogP contribution in [0.1, 0.15) is 24.1 Å². The summed E-state index contributed by atoms with van der Waals surface area (Å²) in [6, 6.07) is 8.90. The highest BCUT2D eigenvalue weighted by Crippen LogP contribution is 2.32. The minimum absolute atomic E-state index is 0.0543. The Labute approximate surface area is 178 Å². The fourth-order valence-electron chi connectivity index (χ4n) is 4.02. The van der Waals surface area contributed by atoms with Gasteiger partial charge in [-0.15, -0.1) is 0 Å². The van der Waals surface area contributed by atoms with E-state index in [4.69, 9.17) is 4.98 Å². The molecule has 1 aliphatic heterocycles. The molecule has 158 valence electrons. The molecule has 1 amide bonds. The third-order valence-corrected chi connectivity index (χ3v) is 5.67. The van der Waals surface area contributed by atoms with Crippen LogP contribution in [0.15, 0.2) is 42.9 Å². The van der Waals surface area contributed by atoms with Crippen LogP contribution in [0.2, 0.25) is 0 Å². The summed E-state index contributed by atoms with van der Waals surface area (Å²) >= 11 is 0. The Hall–Kier alpha value is -3.75. The lowest BCUT2D eigenvalue weighted by atomic mass is 10.0. The Kier molecular flexibility index (Phi) is 4.65. The second kappa shape index (κ2) is 7.50. The van der Waals surface area contributed by atoms with Gasteiger partial charge in [0.2, 0.25) is 5.91 Å². The molecule has 1 aliphatic rings. The number of carbonyl (C=O) groups excluding carboxylic acids is 1. The van der Waals surface area contributed by atoms with Gasteiger partial charge in [-0.3, -0.25) is 4.79 Å². The highest BCUT2D eigenvalue weighted by Gasteiger charge is 2.24. The van der Waals surface area contributed by atoms with E-state index in [2.05, 4.69) is 20.7 Å². The average Bonchev–Trinajstić information content (AvgIpc) is 3.26. The molecule has 4 aromatic rings. The Morgan fingerprint density at radius 1 is 1.29 bits per heavy atom. The molecular weight excluding hydrogens is 397 g/mol. The number of benzene rings is 1. The average molecular weight is 419 g/mol. The zero-order valence-electron chi connectivity index (χ0n) is 17.3. The Morgan fingerprint density at radius 3 is 3.00 bits per heavy atom. The van der Waals surface area contributed by atoms with Gasteiger partial charge in [-0.1, -0.05) is 0 Å². The lowest BCUT2D eigenvalue weighted by Crippen LogP contribution is -2.48. The highest BCUT2D eigenvalue weighted by molar-refractivity contribution is 5.87. The molecule has 1 atom stereocenters. The van der Waals surface area contributed by atoms with Crippen molar-refractivity contribution in [2.45, 2.75) is 19.9 Å². The molecule has 8 nitrogen and oxygen atoms in total. The summed E-state index contributed by atoms with van der Waals surface area (Å²) in [4.78, 5) is 23.2. The van der Waals surface area contributed by atoms with Gasteiger partial charge in [-0.2, -0.15) is 5.10 Å². The molecule has 4 heterocycles. The van der Waals surface area contributed by atoms with Gasteiger partial charge in [0.15, 0.2) is 5.82 Å². The molecule has 0 saturated carbocycles.